The fourth-order valence-electron chi connectivity index (χ4n) is 3.25. The van der Waals surface area contributed by atoms with E-state index >= 15 is 0 Å². The van der Waals surface area contributed by atoms with Crippen LogP contribution in [0.2, 0.25) is 5.02 Å². The summed E-state index contributed by atoms with van der Waals surface area (Å²) in [6.07, 6.45) is -4.82. The van der Waals surface area contributed by atoms with E-state index in [2.05, 4.69) is 10.1 Å². The second-order valence-electron chi connectivity index (χ2n) is 6.71. The first-order valence-electron chi connectivity index (χ1n) is 9.30. The van der Waals surface area contributed by atoms with E-state index in [0.717, 1.165) is 17.0 Å². The smallest absolute Gasteiger partial charge is 0.406 e. The Bertz CT molecular complexity index is 1210. The van der Waals surface area contributed by atoms with Gasteiger partial charge in [0, 0.05) is 5.69 Å². The number of hydrogen-bond donors (Lipinski definition) is 1. The normalized spacial score (nSPS) is 14.2. The predicted octanol–water partition coefficient (Wildman–Crippen LogP) is 5.64. The molecule has 2 amide bonds. The zero-order chi connectivity index (χ0) is 22.9. The van der Waals surface area contributed by atoms with E-state index in [0.29, 0.717) is 11.3 Å². The molecule has 9 heteroatoms. The maximum absolute atomic E-state index is 13.3. The van der Waals surface area contributed by atoms with Crippen LogP contribution in [0.3, 0.4) is 0 Å². The van der Waals surface area contributed by atoms with Gasteiger partial charge in [-0.05, 0) is 42.0 Å². The van der Waals surface area contributed by atoms with Crippen molar-refractivity contribution in [3.05, 3.63) is 95.1 Å². The number of imide groups is 1. The Labute approximate surface area is 185 Å². The highest BCUT2D eigenvalue weighted by atomic mass is 35.5. The Morgan fingerprint density at radius 2 is 1.44 bits per heavy atom. The van der Waals surface area contributed by atoms with Gasteiger partial charge in [-0.15, -0.1) is 13.2 Å². The lowest BCUT2D eigenvalue weighted by Crippen LogP contribution is -2.32. The summed E-state index contributed by atoms with van der Waals surface area (Å²) in [5, 5.41) is 3.09. The summed E-state index contributed by atoms with van der Waals surface area (Å²) in [7, 11) is 0. The van der Waals surface area contributed by atoms with Crippen molar-refractivity contribution in [1.82, 2.24) is 0 Å². The molecule has 162 valence electrons. The molecular weight excluding hydrogens is 445 g/mol. The summed E-state index contributed by atoms with van der Waals surface area (Å²) in [5.41, 5.74) is 1.12. The van der Waals surface area contributed by atoms with E-state index in [1.165, 1.54) is 12.1 Å². The van der Waals surface area contributed by atoms with Crippen LogP contribution >= 0.6 is 11.6 Å². The van der Waals surface area contributed by atoms with Crippen LogP contribution in [-0.2, 0) is 9.59 Å². The molecule has 3 aromatic rings. The molecule has 0 saturated carbocycles. The number of ether oxygens (including phenoxy) is 1. The van der Waals surface area contributed by atoms with Gasteiger partial charge in [0.05, 0.1) is 16.3 Å². The Kier molecular flexibility index (Phi) is 5.63. The standard InChI is InChI=1S/C23H14ClF3N2O3/c24-17-8-4-5-9-18(17)29-21(30)19(14-6-2-1-3-7-14)20(22(29)31)28-15-10-12-16(13-11-15)32-23(25,26)27/h1-13,28H. The third-order valence-corrected chi connectivity index (χ3v) is 4.92. The van der Waals surface area contributed by atoms with Gasteiger partial charge in [0.25, 0.3) is 11.8 Å². The number of amides is 2. The summed E-state index contributed by atoms with van der Waals surface area (Å²) in [6, 6.07) is 19.8. The number of alkyl halides is 3. The lowest BCUT2D eigenvalue weighted by atomic mass is 10.0. The van der Waals surface area contributed by atoms with Crippen molar-refractivity contribution >= 4 is 40.4 Å². The van der Waals surface area contributed by atoms with Crippen LogP contribution in [0.15, 0.2) is 84.6 Å². The number of para-hydroxylation sites is 1. The summed E-state index contributed by atoms with van der Waals surface area (Å²) in [5.74, 6) is -1.63. The number of hydrogen-bond acceptors (Lipinski definition) is 4. The van der Waals surface area contributed by atoms with Crippen LogP contribution in [0.1, 0.15) is 5.56 Å². The summed E-state index contributed by atoms with van der Waals surface area (Å²) >= 11 is 6.22. The van der Waals surface area contributed by atoms with Crippen LogP contribution in [0.4, 0.5) is 24.5 Å². The molecule has 5 nitrogen and oxygen atoms in total. The number of carbonyl (C=O) groups is 2. The average Bonchev–Trinajstić information content (AvgIpc) is 2.99. The van der Waals surface area contributed by atoms with Crippen LogP contribution in [0.25, 0.3) is 5.57 Å². The Hall–Kier alpha value is -3.78. The van der Waals surface area contributed by atoms with Crippen LogP contribution in [0, 0.1) is 0 Å². The fraction of sp³-hybridized carbons (Fsp3) is 0.0435. The minimum absolute atomic E-state index is 0.0226. The van der Waals surface area contributed by atoms with E-state index in [1.807, 2.05) is 0 Å². The van der Waals surface area contributed by atoms with Gasteiger partial charge in [-0.25, -0.2) is 4.90 Å². The number of rotatable bonds is 5. The number of nitrogens with zero attached hydrogens (tertiary/aromatic N) is 1. The zero-order valence-electron chi connectivity index (χ0n) is 16.2. The van der Waals surface area contributed by atoms with Crippen molar-refractivity contribution in [2.75, 3.05) is 10.2 Å². The third kappa shape index (κ3) is 4.31. The number of nitrogens with one attached hydrogen (secondary N) is 1. The van der Waals surface area contributed by atoms with E-state index in [9.17, 15) is 22.8 Å². The van der Waals surface area contributed by atoms with Crippen molar-refractivity contribution in [1.29, 1.82) is 0 Å². The highest BCUT2D eigenvalue weighted by molar-refractivity contribution is 6.48. The molecule has 0 bridgehead atoms. The van der Waals surface area contributed by atoms with Crippen molar-refractivity contribution < 1.29 is 27.5 Å². The maximum Gasteiger partial charge on any atom is 0.573 e. The van der Waals surface area contributed by atoms with Gasteiger partial charge in [0.15, 0.2) is 0 Å². The molecule has 0 unspecified atom stereocenters. The summed E-state index contributed by atoms with van der Waals surface area (Å²) in [6.45, 7) is 0. The highest BCUT2D eigenvalue weighted by Crippen LogP contribution is 2.36. The molecule has 0 aromatic heterocycles. The van der Waals surface area contributed by atoms with Gasteiger partial charge < -0.3 is 10.1 Å². The van der Waals surface area contributed by atoms with Crippen LogP contribution in [0.5, 0.6) is 5.75 Å². The van der Waals surface area contributed by atoms with E-state index < -0.39 is 23.9 Å². The van der Waals surface area contributed by atoms with Gasteiger partial charge in [0.1, 0.15) is 11.4 Å². The molecule has 0 atom stereocenters. The highest BCUT2D eigenvalue weighted by Gasteiger charge is 2.41. The van der Waals surface area contributed by atoms with E-state index in [4.69, 9.17) is 11.6 Å². The molecule has 0 saturated heterocycles. The number of carbonyl (C=O) groups excluding carboxylic acids is 2. The Morgan fingerprint density at radius 3 is 2.06 bits per heavy atom. The average molecular weight is 459 g/mol. The topological polar surface area (TPSA) is 58.6 Å². The molecule has 1 aliphatic rings. The monoisotopic (exact) mass is 458 g/mol. The second-order valence-corrected chi connectivity index (χ2v) is 7.12. The molecule has 1 aliphatic heterocycles. The first-order chi connectivity index (χ1) is 15.2. The molecule has 1 N–H and O–H groups in total. The number of anilines is 2. The van der Waals surface area contributed by atoms with Gasteiger partial charge in [-0.3, -0.25) is 9.59 Å². The summed E-state index contributed by atoms with van der Waals surface area (Å²) in [4.78, 5) is 27.5. The Morgan fingerprint density at radius 1 is 0.812 bits per heavy atom. The quantitative estimate of drug-likeness (QED) is 0.503. The lowest BCUT2D eigenvalue weighted by Gasteiger charge is -2.16. The van der Waals surface area contributed by atoms with Gasteiger partial charge in [-0.2, -0.15) is 0 Å². The molecule has 4 rings (SSSR count). The molecule has 1 heterocycles. The van der Waals surface area contributed by atoms with Crippen LogP contribution in [-0.4, -0.2) is 18.2 Å². The first-order valence-corrected chi connectivity index (χ1v) is 9.68. The van der Waals surface area contributed by atoms with Crippen molar-refractivity contribution in [2.45, 2.75) is 6.36 Å². The molecule has 0 fully saturated rings. The predicted molar refractivity (Wildman–Crippen MR) is 114 cm³/mol. The van der Waals surface area contributed by atoms with Gasteiger partial charge >= 0.3 is 6.36 Å². The van der Waals surface area contributed by atoms with E-state index in [-0.39, 0.29) is 22.0 Å². The van der Waals surface area contributed by atoms with Crippen molar-refractivity contribution in [3.8, 4) is 5.75 Å². The minimum atomic E-state index is -4.82. The molecule has 0 spiro atoms. The van der Waals surface area contributed by atoms with Crippen molar-refractivity contribution in [3.63, 3.8) is 0 Å². The minimum Gasteiger partial charge on any atom is -0.406 e. The molecule has 3 aromatic carbocycles. The molecule has 0 radical (unpaired) electrons. The third-order valence-electron chi connectivity index (χ3n) is 4.60. The molecule has 0 aliphatic carbocycles. The van der Waals surface area contributed by atoms with E-state index in [1.54, 1.807) is 54.6 Å². The number of benzene rings is 3. The molecule has 32 heavy (non-hydrogen) atoms. The van der Waals surface area contributed by atoms with Gasteiger partial charge in [0.2, 0.25) is 0 Å². The SMILES string of the molecule is O=C1C(Nc2ccc(OC(F)(F)F)cc2)=C(c2ccccc2)C(=O)N1c1ccccc1Cl. The van der Waals surface area contributed by atoms with Gasteiger partial charge in [-0.1, -0.05) is 54.1 Å². The van der Waals surface area contributed by atoms with Crippen LogP contribution < -0.4 is 15.0 Å². The zero-order valence-corrected chi connectivity index (χ0v) is 16.9. The molecular formula is C23H14ClF3N2O3. The lowest BCUT2D eigenvalue weighted by molar-refractivity contribution is -0.274. The Balaban J connectivity index is 1.73. The second kappa shape index (κ2) is 8.39. The first kappa shape index (κ1) is 21.5. The largest absolute Gasteiger partial charge is 0.573 e. The number of halogens is 4. The summed E-state index contributed by atoms with van der Waals surface area (Å²) < 4.78 is 41.0. The fourth-order valence-corrected chi connectivity index (χ4v) is 3.47. The maximum atomic E-state index is 13.3. The van der Waals surface area contributed by atoms with Crippen molar-refractivity contribution in [2.24, 2.45) is 0 Å².